The molecule has 0 aliphatic heterocycles. The maximum absolute atomic E-state index is 9.99. The molecular formula is C31H30Cl2NOTi. The van der Waals surface area contributed by atoms with Crippen molar-refractivity contribution in [2.75, 3.05) is 20.6 Å². The number of aliphatic hydroxyl groups is 1. The molecule has 0 fully saturated rings. The average Bonchev–Trinajstić information content (AvgIpc) is 3.32. The molecule has 0 amide bonds. The first-order valence-electron chi connectivity index (χ1n) is 11.3. The van der Waals surface area contributed by atoms with Crippen molar-refractivity contribution in [3.8, 4) is 0 Å². The minimum absolute atomic E-state index is 0. The molecule has 0 bridgehead atoms. The third-order valence-electron chi connectivity index (χ3n) is 5.73. The van der Waals surface area contributed by atoms with Crippen molar-refractivity contribution in [3.63, 3.8) is 0 Å². The van der Waals surface area contributed by atoms with Crippen LogP contribution in [0.5, 0.6) is 0 Å². The number of halogens is 2. The van der Waals surface area contributed by atoms with E-state index in [9.17, 15) is 5.11 Å². The molecule has 1 radical (unpaired) electrons. The number of hydrogen-bond acceptors (Lipinski definition) is 2. The van der Waals surface area contributed by atoms with E-state index in [1.807, 2.05) is 60.7 Å². The zero-order valence-corrected chi connectivity index (χ0v) is 23.6. The second kappa shape index (κ2) is 15.8. The van der Waals surface area contributed by atoms with E-state index in [0.717, 1.165) is 24.1 Å². The van der Waals surface area contributed by atoms with Crippen LogP contribution in [0.1, 0.15) is 29.2 Å². The van der Waals surface area contributed by atoms with Crippen LogP contribution < -0.4 is 24.8 Å². The van der Waals surface area contributed by atoms with Crippen LogP contribution >= 0.6 is 0 Å². The van der Waals surface area contributed by atoms with E-state index in [1.165, 1.54) is 27.5 Å². The summed E-state index contributed by atoms with van der Waals surface area (Å²) in [4.78, 5) is 2.21. The fourth-order valence-corrected chi connectivity index (χ4v) is 4.08. The van der Waals surface area contributed by atoms with Gasteiger partial charge in [0.1, 0.15) is 6.10 Å². The van der Waals surface area contributed by atoms with Gasteiger partial charge in [0, 0.05) is 6.54 Å². The summed E-state index contributed by atoms with van der Waals surface area (Å²) >= 11 is 0. The molecule has 0 atom stereocenters. The number of aliphatic hydroxyl groups excluding tert-OH is 1. The van der Waals surface area contributed by atoms with Crippen LogP contribution in [-0.4, -0.2) is 30.6 Å². The molecule has 0 heterocycles. The van der Waals surface area contributed by atoms with Crippen molar-refractivity contribution in [1.82, 2.24) is 4.90 Å². The number of hydrogen-bond donors (Lipinski definition) is 1. The van der Waals surface area contributed by atoms with Crippen molar-refractivity contribution in [2.45, 2.75) is 12.5 Å². The van der Waals surface area contributed by atoms with Crippen LogP contribution in [0, 0.1) is 6.07 Å². The van der Waals surface area contributed by atoms with Crippen molar-refractivity contribution in [2.24, 2.45) is 0 Å². The number of nitrogens with zero attached hydrogens (tertiary/aromatic N) is 1. The van der Waals surface area contributed by atoms with Crippen LogP contribution in [0.25, 0.3) is 16.3 Å². The van der Waals surface area contributed by atoms with E-state index >= 15 is 0 Å². The Morgan fingerprint density at radius 3 is 1.92 bits per heavy atom. The third-order valence-corrected chi connectivity index (χ3v) is 5.73. The minimum atomic E-state index is -0.516. The molecule has 4 aromatic rings. The molecule has 0 saturated heterocycles. The molecular weight excluding hydrogens is 521 g/mol. The van der Waals surface area contributed by atoms with Gasteiger partial charge in [-0.1, -0.05) is 108 Å². The normalized spacial score (nSPS) is 11.9. The molecule has 0 unspecified atom stereocenters. The summed E-state index contributed by atoms with van der Waals surface area (Å²) in [5, 5.41) is 12.4. The number of allylic oxidation sites excluding steroid dienone is 2. The van der Waals surface area contributed by atoms with Gasteiger partial charge in [-0.25, -0.2) is 0 Å². The summed E-state index contributed by atoms with van der Waals surface area (Å²) in [5.41, 5.74) is 5.92. The van der Waals surface area contributed by atoms with Crippen LogP contribution in [0.2, 0.25) is 0 Å². The first kappa shape index (κ1) is 31.9. The van der Waals surface area contributed by atoms with E-state index in [-0.39, 0.29) is 46.5 Å². The predicted octanol–water partition coefficient (Wildman–Crippen LogP) is 0.689. The molecule has 5 heteroatoms. The fraction of sp³-hybridized carbons (Fsp3) is 0.161. The molecule has 1 N–H and O–H groups in total. The summed E-state index contributed by atoms with van der Waals surface area (Å²) in [6.45, 7) is 0.993. The predicted molar refractivity (Wildman–Crippen MR) is 139 cm³/mol. The molecule has 5 rings (SSSR count). The van der Waals surface area contributed by atoms with E-state index in [4.69, 9.17) is 0 Å². The van der Waals surface area contributed by atoms with E-state index in [2.05, 4.69) is 73.6 Å². The van der Waals surface area contributed by atoms with Gasteiger partial charge in [-0.2, -0.15) is 0 Å². The third kappa shape index (κ3) is 8.45. The Labute approximate surface area is 242 Å². The Bertz CT molecular complexity index is 1220. The maximum atomic E-state index is 9.99. The van der Waals surface area contributed by atoms with Gasteiger partial charge in [0.15, 0.2) is 0 Å². The van der Waals surface area contributed by atoms with Gasteiger partial charge in [0.25, 0.3) is 0 Å². The molecule has 4 aromatic carbocycles. The summed E-state index contributed by atoms with van der Waals surface area (Å²) < 4.78 is 0. The number of benzene rings is 4. The van der Waals surface area contributed by atoms with E-state index < -0.39 is 6.10 Å². The Hall–Kier alpha value is -2.17. The average molecular weight is 551 g/mol. The van der Waals surface area contributed by atoms with Crippen molar-refractivity contribution < 1.29 is 51.6 Å². The van der Waals surface area contributed by atoms with Crippen LogP contribution in [0.15, 0.2) is 115 Å². The molecule has 183 valence electrons. The van der Waals surface area contributed by atoms with E-state index in [1.54, 1.807) is 0 Å². The molecule has 0 saturated carbocycles. The van der Waals surface area contributed by atoms with Crippen molar-refractivity contribution in [1.29, 1.82) is 0 Å². The van der Waals surface area contributed by atoms with Crippen LogP contribution in [-0.2, 0) is 21.7 Å². The molecule has 1 aliphatic carbocycles. The fourth-order valence-electron chi connectivity index (χ4n) is 4.08. The van der Waals surface area contributed by atoms with Gasteiger partial charge in [-0.15, -0.1) is 35.2 Å². The largest absolute Gasteiger partial charge is 3.00 e. The summed E-state index contributed by atoms with van der Waals surface area (Å²) in [6.07, 6.45) is 5.01. The Morgan fingerprint density at radius 1 is 0.778 bits per heavy atom. The Morgan fingerprint density at radius 2 is 1.33 bits per heavy atom. The van der Waals surface area contributed by atoms with Gasteiger partial charge in [-0.05, 0) is 31.6 Å². The minimum Gasteiger partial charge on any atom is -1.00 e. The van der Waals surface area contributed by atoms with Crippen molar-refractivity contribution >= 4 is 16.3 Å². The van der Waals surface area contributed by atoms with Gasteiger partial charge in [-0.3, -0.25) is 0 Å². The SMILES string of the molecule is CN(C)CC1=C(c2[c-]c3ccccc3cc2)CC=C1.OC(c1ccccc1)c1ccccc1.[Cl-].[Cl-].[Ti+3]. The maximum Gasteiger partial charge on any atom is 3.00 e. The molecule has 2 nitrogen and oxygen atoms in total. The number of rotatable bonds is 5. The summed E-state index contributed by atoms with van der Waals surface area (Å²) in [6, 6.07) is 35.7. The summed E-state index contributed by atoms with van der Waals surface area (Å²) in [5.74, 6) is 0. The van der Waals surface area contributed by atoms with E-state index in [0.29, 0.717) is 0 Å². The Kier molecular flexibility index (Phi) is 14.0. The zero-order valence-electron chi connectivity index (χ0n) is 20.5. The van der Waals surface area contributed by atoms with Gasteiger partial charge in [0.05, 0.1) is 0 Å². The molecule has 0 spiro atoms. The topological polar surface area (TPSA) is 23.5 Å². The molecule has 0 aromatic heterocycles. The zero-order chi connectivity index (χ0) is 23.0. The van der Waals surface area contributed by atoms with Gasteiger partial charge < -0.3 is 34.8 Å². The second-order valence-electron chi connectivity index (χ2n) is 8.53. The number of fused-ring (bicyclic) bond motifs is 1. The van der Waals surface area contributed by atoms with Crippen LogP contribution in [0.4, 0.5) is 0 Å². The smallest absolute Gasteiger partial charge is 1.00 e. The summed E-state index contributed by atoms with van der Waals surface area (Å²) in [7, 11) is 4.22. The second-order valence-corrected chi connectivity index (χ2v) is 8.53. The quantitative estimate of drug-likeness (QED) is 0.292. The monoisotopic (exact) mass is 550 g/mol. The van der Waals surface area contributed by atoms with Gasteiger partial charge in [0.2, 0.25) is 0 Å². The van der Waals surface area contributed by atoms with Crippen LogP contribution in [0.3, 0.4) is 0 Å². The molecule has 36 heavy (non-hydrogen) atoms. The molecule has 1 aliphatic rings. The van der Waals surface area contributed by atoms with Crippen molar-refractivity contribution in [3.05, 3.63) is 138 Å². The van der Waals surface area contributed by atoms with Gasteiger partial charge >= 0.3 is 21.7 Å². The number of likely N-dealkylation sites (N-methyl/N-ethyl adjacent to an activating group) is 1. The Balaban J connectivity index is 0.000000345. The first-order chi connectivity index (χ1) is 16.1. The standard InChI is InChI=1S/C18H18N.C13H12O.2ClH.Ti/c1-19(2)13-17-8-5-9-18(17)16-11-10-14-6-3-4-7-15(14)12-16;14-13(11-7-3-1-4-8-11)12-9-5-2-6-10-12;;;/h3-8,10-11H,9,13H2,1-2H3;1-10,13-14H;2*1H;/q-1;;;;+3/p-2. The first-order valence-corrected chi connectivity index (χ1v) is 11.3.